The van der Waals surface area contributed by atoms with Crippen LogP contribution in [0, 0.1) is 0 Å². The first-order chi connectivity index (χ1) is 14.2. The van der Waals surface area contributed by atoms with E-state index >= 15 is 0 Å². The van der Waals surface area contributed by atoms with E-state index in [1.54, 1.807) is 18.5 Å². The van der Waals surface area contributed by atoms with Gasteiger partial charge in [-0.05, 0) is 35.7 Å². The van der Waals surface area contributed by atoms with Crippen molar-refractivity contribution in [3.05, 3.63) is 66.2 Å². The molecule has 2 aromatic heterocycles. The second kappa shape index (κ2) is 11.0. The molecule has 0 amide bonds. The predicted molar refractivity (Wildman–Crippen MR) is 114 cm³/mol. The quantitative estimate of drug-likeness (QED) is 0.607. The van der Waals surface area contributed by atoms with Gasteiger partial charge in [-0.15, -0.1) is 0 Å². The van der Waals surface area contributed by atoms with Crippen molar-refractivity contribution in [2.24, 2.45) is 0 Å². The van der Waals surface area contributed by atoms with Gasteiger partial charge in [-0.3, -0.25) is 0 Å². The highest BCUT2D eigenvalue weighted by Gasteiger charge is 2.15. The van der Waals surface area contributed by atoms with Crippen LogP contribution in [0.3, 0.4) is 0 Å². The molecule has 0 unspecified atom stereocenters. The summed E-state index contributed by atoms with van der Waals surface area (Å²) in [5.74, 6) is 0.950. The third-order valence-electron chi connectivity index (χ3n) is 4.30. The number of nitrogens with two attached hydrogens (primary N) is 1. The van der Waals surface area contributed by atoms with E-state index < -0.39 is 0 Å². The minimum atomic E-state index is 0.146. The summed E-state index contributed by atoms with van der Waals surface area (Å²) in [6.45, 7) is 4.72. The number of aryl methyl sites for hydroxylation is 1. The van der Waals surface area contributed by atoms with Crippen LogP contribution < -0.4 is 16.4 Å². The van der Waals surface area contributed by atoms with Crippen LogP contribution in [0.2, 0.25) is 0 Å². The Morgan fingerprint density at radius 1 is 1.10 bits per heavy atom. The number of hydrogen-bond acceptors (Lipinski definition) is 8. The van der Waals surface area contributed by atoms with Gasteiger partial charge < -0.3 is 21.1 Å². The summed E-state index contributed by atoms with van der Waals surface area (Å²) >= 11 is 0. The maximum Gasteiger partial charge on any atom is 0.227 e. The third-order valence-corrected chi connectivity index (χ3v) is 4.30. The molecular weight excluding hydrogens is 366 g/mol. The van der Waals surface area contributed by atoms with Crippen LogP contribution in [0.1, 0.15) is 30.6 Å². The van der Waals surface area contributed by atoms with Gasteiger partial charge in [-0.2, -0.15) is 0 Å². The molecule has 0 saturated carbocycles. The van der Waals surface area contributed by atoms with Crippen molar-refractivity contribution >= 4 is 17.6 Å². The van der Waals surface area contributed by atoms with Crippen molar-refractivity contribution in [3.8, 4) is 0 Å². The van der Waals surface area contributed by atoms with Gasteiger partial charge in [0, 0.05) is 43.6 Å². The summed E-state index contributed by atoms with van der Waals surface area (Å²) in [4.78, 5) is 16.0. The lowest BCUT2D eigenvalue weighted by molar-refractivity contribution is 0.0277. The average molecular weight is 393 g/mol. The monoisotopic (exact) mass is 393 g/mol. The number of nitrogen functional groups attached to an aromatic ring is 1. The molecule has 8 heteroatoms. The molecule has 1 fully saturated rings. The Balaban J connectivity index is 0.000000290. The minimum Gasteiger partial charge on any atom is -0.371 e. The number of hydrogen-bond donors (Lipinski definition) is 3. The molecule has 1 aliphatic heterocycles. The average Bonchev–Trinajstić information content (AvgIpc) is 2.77. The van der Waals surface area contributed by atoms with Crippen molar-refractivity contribution in [3.63, 3.8) is 0 Å². The summed E-state index contributed by atoms with van der Waals surface area (Å²) in [6.07, 6.45) is 9.24. The minimum absolute atomic E-state index is 0.146. The lowest BCUT2D eigenvalue weighted by atomic mass is 10.1. The second-order valence-electron chi connectivity index (χ2n) is 6.58. The van der Waals surface area contributed by atoms with Gasteiger partial charge in [0.15, 0.2) is 0 Å². The number of nitrogens with one attached hydrogen (secondary N) is 2. The maximum atomic E-state index is 5.75. The Kier molecular flexibility index (Phi) is 7.85. The summed E-state index contributed by atoms with van der Waals surface area (Å²) in [5.41, 5.74) is 8.48. The molecule has 0 radical (unpaired) electrons. The van der Waals surface area contributed by atoms with E-state index in [0.29, 0.717) is 11.9 Å². The molecule has 0 aliphatic carbocycles. The standard InChI is InChI=1S/C17H22N4O.C4H5N3/c1-2-3-13-10-19-17(20-11-13)21-15-6-4-14(5-7-15)16-12-18-8-9-22-16;5-4-6-2-1-3-7-4/h4-7,10-11,16,18H,2-3,8-9,12H2,1H3,(H,19,20,21);1-3H,(H2,5,6,7)/t16-;/m0./s1. The summed E-state index contributed by atoms with van der Waals surface area (Å²) in [6, 6.07) is 9.97. The first-order valence-corrected chi connectivity index (χ1v) is 9.77. The van der Waals surface area contributed by atoms with Gasteiger partial charge >= 0.3 is 0 Å². The number of ether oxygens (including phenoxy) is 1. The molecule has 3 aromatic rings. The fourth-order valence-electron chi connectivity index (χ4n) is 2.84. The smallest absolute Gasteiger partial charge is 0.227 e. The Bertz CT molecular complexity index is 835. The largest absolute Gasteiger partial charge is 0.371 e. The van der Waals surface area contributed by atoms with E-state index in [2.05, 4.69) is 49.6 Å². The molecular formula is C21H27N7O. The molecule has 4 rings (SSSR count). The fraction of sp³-hybridized carbons (Fsp3) is 0.333. The maximum absolute atomic E-state index is 5.75. The Morgan fingerprint density at radius 3 is 2.38 bits per heavy atom. The topological polar surface area (TPSA) is 111 Å². The lowest BCUT2D eigenvalue weighted by Gasteiger charge is -2.24. The van der Waals surface area contributed by atoms with Crippen molar-refractivity contribution in [1.82, 2.24) is 25.3 Å². The molecule has 1 aromatic carbocycles. The Labute approximate surface area is 171 Å². The number of anilines is 3. The molecule has 8 nitrogen and oxygen atoms in total. The van der Waals surface area contributed by atoms with Crippen LogP contribution >= 0.6 is 0 Å². The number of benzene rings is 1. The summed E-state index contributed by atoms with van der Waals surface area (Å²) < 4.78 is 5.75. The van der Waals surface area contributed by atoms with Gasteiger partial charge in [-0.1, -0.05) is 25.5 Å². The van der Waals surface area contributed by atoms with E-state index in [0.717, 1.165) is 38.2 Å². The fourth-order valence-corrected chi connectivity index (χ4v) is 2.84. The molecule has 1 saturated heterocycles. The van der Waals surface area contributed by atoms with Gasteiger partial charge in [-0.25, -0.2) is 19.9 Å². The third kappa shape index (κ3) is 6.78. The SMILES string of the molecule is CCCc1cnc(Nc2ccc([C@@H]3CNCCO3)cc2)nc1.Nc1ncccn1. The zero-order valence-electron chi connectivity index (χ0n) is 16.6. The first kappa shape index (κ1) is 20.6. The van der Waals surface area contributed by atoms with Gasteiger partial charge in [0.25, 0.3) is 0 Å². The number of nitrogens with zero attached hydrogens (tertiary/aromatic N) is 4. The van der Waals surface area contributed by atoms with Crippen molar-refractivity contribution < 1.29 is 4.74 Å². The van der Waals surface area contributed by atoms with E-state index in [1.165, 1.54) is 11.1 Å². The first-order valence-electron chi connectivity index (χ1n) is 9.77. The van der Waals surface area contributed by atoms with Crippen molar-refractivity contribution in [1.29, 1.82) is 0 Å². The molecule has 0 bridgehead atoms. The molecule has 29 heavy (non-hydrogen) atoms. The van der Waals surface area contributed by atoms with Gasteiger partial charge in [0.2, 0.25) is 11.9 Å². The second-order valence-corrected chi connectivity index (χ2v) is 6.58. The number of aromatic nitrogens is 4. The highest BCUT2D eigenvalue weighted by Crippen LogP contribution is 2.21. The van der Waals surface area contributed by atoms with Crippen LogP contribution in [0.15, 0.2) is 55.1 Å². The molecule has 1 atom stereocenters. The number of morpholine rings is 1. The molecule has 3 heterocycles. The van der Waals surface area contributed by atoms with E-state index in [4.69, 9.17) is 10.5 Å². The van der Waals surface area contributed by atoms with Gasteiger partial charge in [0.1, 0.15) is 0 Å². The highest BCUT2D eigenvalue weighted by molar-refractivity contribution is 5.53. The Morgan fingerprint density at radius 2 is 1.83 bits per heavy atom. The van der Waals surface area contributed by atoms with Crippen LogP contribution in [-0.4, -0.2) is 39.6 Å². The molecule has 1 aliphatic rings. The Hall–Kier alpha value is -3.10. The van der Waals surface area contributed by atoms with E-state index in [1.807, 2.05) is 24.5 Å². The van der Waals surface area contributed by atoms with Crippen molar-refractivity contribution in [2.45, 2.75) is 25.9 Å². The molecule has 0 spiro atoms. The normalized spacial score (nSPS) is 15.8. The van der Waals surface area contributed by atoms with Crippen LogP contribution in [-0.2, 0) is 11.2 Å². The number of rotatable bonds is 5. The van der Waals surface area contributed by atoms with Gasteiger partial charge in [0.05, 0.1) is 12.7 Å². The van der Waals surface area contributed by atoms with E-state index in [-0.39, 0.29) is 6.10 Å². The summed E-state index contributed by atoms with van der Waals surface area (Å²) in [5, 5.41) is 6.57. The summed E-state index contributed by atoms with van der Waals surface area (Å²) in [7, 11) is 0. The van der Waals surface area contributed by atoms with Crippen LogP contribution in [0.25, 0.3) is 0 Å². The highest BCUT2D eigenvalue weighted by atomic mass is 16.5. The van der Waals surface area contributed by atoms with E-state index in [9.17, 15) is 0 Å². The van der Waals surface area contributed by atoms with Crippen LogP contribution in [0.5, 0.6) is 0 Å². The van der Waals surface area contributed by atoms with Crippen LogP contribution in [0.4, 0.5) is 17.6 Å². The zero-order valence-corrected chi connectivity index (χ0v) is 16.6. The lowest BCUT2D eigenvalue weighted by Crippen LogP contribution is -2.33. The molecule has 152 valence electrons. The molecule has 4 N–H and O–H groups in total. The zero-order chi connectivity index (χ0) is 20.3. The predicted octanol–water partition coefficient (Wildman–Crippen LogP) is 2.89. The van der Waals surface area contributed by atoms with Crippen molar-refractivity contribution in [2.75, 3.05) is 30.7 Å².